The van der Waals surface area contributed by atoms with Gasteiger partial charge in [0, 0.05) is 12.7 Å². The van der Waals surface area contributed by atoms with Gasteiger partial charge in [0.25, 0.3) is 0 Å². The minimum absolute atomic E-state index is 0.0457. The molecular formula is C17H28N2O4. The highest BCUT2D eigenvalue weighted by Crippen LogP contribution is 2.27. The lowest BCUT2D eigenvalue weighted by atomic mass is 10.1. The van der Waals surface area contributed by atoms with Crippen LogP contribution in [0.15, 0.2) is 18.2 Å². The number of ether oxygens (including phenoxy) is 2. The van der Waals surface area contributed by atoms with Gasteiger partial charge < -0.3 is 20.3 Å². The van der Waals surface area contributed by atoms with Gasteiger partial charge in [-0.1, -0.05) is 0 Å². The Bertz CT molecular complexity index is 512. The molecule has 0 aromatic heterocycles. The van der Waals surface area contributed by atoms with Crippen molar-refractivity contribution in [2.75, 3.05) is 31.7 Å². The first-order valence-electron chi connectivity index (χ1n) is 7.82. The third kappa shape index (κ3) is 6.46. The van der Waals surface area contributed by atoms with Gasteiger partial charge in [-0.05, 0) is 63.9 Å². The topological polar surface area (TPSA) is 85.0 Å². The van der Waals surface area contributed by atoms with Crippen LogP contribution in [-0.4, -0.2) is 43.6 Å². The summed E-state index contributed by atoms with van der Waals surface area (Å²) in [4.78, 5) is 13.6. The largest absolute Gasteiger partial charge is 0.491 e. The Kier molecular flexibility index (Phi) is 7.32. The van der Waals surface area contributed by atoms with Gasteiger partial charge in [0.05, 0.1) is 6.61 Å². The first-order valence-corrected chi connectivity index (χ1v) is 7.82. The van der Waals surface area contributed by atoms with Crippen LogP contribution in [0.5, 0.6) is 5.75 Å². The Morgan fingerprint density at radius 1 is 1.35 bits per heavy atom. The molecule has 1 amide bonds. The van der Waals surface area contributed by atoms with Gasteiger partial charge in [0.2, 0.25) is 0 Å². The van der Waals surface area contributed by atoms with Crippen LogP contribution in [0.3, 0.4) is 0 Å². The second-order valence-electron chi connectivity index (χ2n) is 6.30. The van der Waals surface area contributed by atoms with Gasteiger partial charge in [-0.3, -0.25) is 4.90 Å². The van der Waals surface area contributed by atoms with E-state index in [4.69, 9.17) is 20.3 Å². The minimum Gasteiger partial charge on any atom is -0.491 e. The summed E-state index contributed by atoms with van der Waals surface area (Å²) in [5.41, 5.74) is 6.71. The van der Waals surface area contributed by atoms with Crippen molar-refractivity contribution in [1.29, 1.82) is 0 Å². The number of aliphatic hydroxyl groups is 1. The predicted molar refractivity (Wildman–Crippen MR) is 91.0 cm³/mol. The van der Waals surface area contributed by atoms with Gasteiger partial charge in [-0.15, -0.1) is 0 Å². The van der Waals surface area contributed by atoms with E-state index in [0.29, 0.717) is 12.3 Å². The summed E-state index contributed by atoms with van der Waals surface area (Å²) >= 11 is 0. The van der Waals surface area contributed by atoms with Gasteiger partial charge in [0.1, 0.15) is 18.0 Å². The molecule has 0 aliphatic carbocycles. The molecule has 23 heavy (non-hydrogen) atoms. The molecular weight excluding hydrogens is 296 g/mol. The molecule has 1 aromatic carbocycles. The van der Waals surface area contributed by atoms with Crippen molar-refractivity contribution in [2.45, 2.75) is 39.2 Å². The molecule has 6 nitrogen and oxygen atoms in total. The third-order valence-corrected chi connectivity index (χ3v) is 3.10. The zero-order valence-electron chi connectivity index (χ0n) is 14.5. The van der Waals surface area contributed by atoms with Gasteiger partial charge in [-0.25, -0.2) is 4.79 Å². The van der Waals surface area contributed by atoms with Crippen LogP contribution >= 0.6 is 0 Å². The van der Waals surface area contributed by atoms with Crippen LogP contribution in [0.2, 0.25) is 0 Å². The summed E-state index contributed by atoms with van der Waals surface area (Å²) in [6.07, 6.45) is 1.15. The van der Waals surface area contributed by atoms with E-state index in [2.05, 4.69) is 0 Å². The highest BCUT2D eigenvalue weighted by molar-refractivity contribution is 5.87. The number of aliphatic hydroxyl groups excluding tert-OH is 1. The van der Waals surface area contributed by atoms with Gasteiger partial charge in [-0.2, -0.15) is 0 Å². The maximum atomic E-state index is 12.2. The van der Waals surface area contributed by atoms with E-state index >= 15 is 0 Å². The Hall–Kier alpha value is -1.79. The molecule has 1 aromatic rings. The van der Waals surface area contributed by atoms with E-state index in [1.54, 1.807) is 19.2 Å². The molecule has 0 radical (unpaired) electrons. The van der Waals surface area contributed by atoms with Crippen molar-refractivity contribution in [3.8, 4) is 5.75 Å². The van der Waals surface area contributed by atoms with E-state index in [1.165, 1.54) is 4.90 Å². The fourth-order valence-corrected chi connectivity index (χ4v) is 1.99. The van der Waals surface area contributed by atoms with Crippen molar-refractivity contribution < 1.29 is 19.4 Å². The summed E-state index contributed by atoms with van der Waals surface area (Å²) in [7, 11) is 1.67. The number of amides is 1. The van der Waals surface area contributed by atoms with E-state index < -0.39 is 11.7 Å². The lowest BCUT2D eigenvalue weighted by molar-refractivity contribution is 0.0589. The number of carbonyl (C=O) groups excluding carboxylic acids is 1. The number of rotatable bonds is 7. The number of hydrogen-bond acceptors (Lipinski definition) is 5. The summed E-state index contributed by atoms with van der Waals surface area (Å²) in [5, 5.41) is 8.90. The number of nitrogens with two attached hydrogens (primary N) is 1. The fraction of sp³-hybridized carbons (Fsp3) is 0.588. The van der Waals surface area contributed by atoms with E-state index in [1.807, 2.05) is 26.8 Å². The smallest absolute Gasteiger partial charge is 0.414 e. The minimum atomic E-state index is -0.544. The van der Waals surface area contributed by atoms with Crippen molar-refractivity contribution in [1.82, 2.24) is 0 Å². The summed E-state index contributed by atoms with van der Waals surface area (Å²) < 4.78 is 10.9. The number of benzene rings is 1. The zero-order chi connectivity index (χ0) is 17.5. The monoisotopic (exact) mass is 324 g/mol. The molecule has 0 bridgehead atoms. The summed E-state index contributed by atoms with van der Waals surface area (Å²) in [6, 6.07) is 5.49. The molecule has 0 saturated carbocycles. The molecule has 3 N–H and O–H groups in total. The SMILES string of the molecule is CN(C(=O)OC(C)(C)C)c1ccc(OCCO)c(CCCN)c1. The van der Waals surface area contributed by atoms with Gasteiger partial charge >= 0.3 is 6.09 Å². The number of nitrogens with zero attached hydrogens (tertiary/aromatic N) is 1. The normalized spacial score (nSPS) is 11.2. The van der Waals surface area contributed by atoms with Crippen molar-refractivity contribution >= 4 is 11.8 Å². The molecule has 0 aliphatic rings. The van der Waals surface area contributed by atoms with Crippen LogP contribution < -0.4 is 15.4 Å². The standard InChI is InChI=1S/C17H28N2O4/c1-17(2,3)23-16(21)19(4)14-7-8-15(22-11-10-20)13(12-14)6-5-9-18/h7-8,12,20H,5-6,9-11,18H2,1-4H3. The number of hydrogen-bond donors (Lipinski definition) is 2. The number of anilines is 1. The molecule has 0 unspecified atom stereocenters. The maximum Gasteiger partial charge on any atom is 0.414 e. The van der Waals surface area contributed by atoms with E-state index in [-0.39, 0.29) is 13.2 Å². The highest BCUT2D eigenvalue weighted by atomic mass is 16.6. The molecule has 0 atom stereocenters. The number of aryl methyl sites for hydroxylation is 1. The molecule has 0 heterocycles. The Morgan fingerprint density at radius 3 is 2.61 bits per heavy atom. The average molecular weight is 324 g/mol. The average Bonchev–Trinajstić information content (AvgIpc) is 2.48. The molecule has 6 heteroatoms. The second-order valence-corrected chi connectivity index (χ2v) is 6.30. The van der Waals surface area contributed by atoms with Gasteiger partial charge in [0.15, 0.2) is 0 Å². The van der Waals surface area contributed by atoms with E-state index in [0.717, 1.165) is 24.1 Å². The maximum absolute atomic E-state index is 12.2. The van der Waals surface area contributed by atoms with Crippen molar-refractivity contribution in [3.05, 3.63) is 23.8 Å². The quantitative estimate of drug-likeness (QED) is 0.804. The van der Waals surface area contributed by atoms with Crippen LogP contribution in [-0.2, 0) is 11.2 Å². The Labute approximate surface area is 138 Å². The number of carbonyl (C=O) groups is 1. The summed E-state index contributed by atoms with van der Waals surface area (Å²) in [5.74, 6) is 0.703. The molecule has 0 saturated heterocycles. The van der Waals surface area contributed by atoms with Crippen LogP contribution in [0.4, 0.5) is 10.5 Å². The van der Waals surface area contributed by atoms with Crippen molar-refractivity contribution in [3.63, 3.8) is 0 Å². The molecule has 0 spiro atoms. The fourth-order valence-electron chi connectivity index (χ4n) is 1.99. The third-order valence-electron chi connectivity index (χ3n) is 3.10. The summed E-state index contributed by atoms with van der Waals surface area (Å²) in [6.45, 7) is 6.25. The van der Waals surface area contributed by atoms with Crippen LogP contribution in [0.25, 0.3) is 0 Å². The molecule has 1 rings (SSSR count). The Balaban J connectivity index is 2.95. The molecule has 0 aliphatic heterocycles. The molecule has 0 fully saturated rings. The Morgan fingerprint density at radius 2 is 2.04 bits per heavy atom. The van der Waals surface area contributed by atoms with Crippen LogP contribution in [0.1, 0.15) is 32.8 Å². The lowest BCUT2D eigenvalue weighted by Gasteiger charge is -2.25. The predicted octanol–water partition coefficient (Wildman–Crippen LogP) is 2.32. The first kappa shape index (κ1) is 19.3. The second kappa shape index (κ2) is 8.74. The lowest BCUT2D eigenvalue weighted by Crippen LogP contribution is -2.34. The van der Waals surface area contributed by atoms with Crippen LogP contribution in [0, 0.1) is 0 Å². The van der Waals surface area contributed by atoms with Crippen molar-refractivity contribution in [2.24, 2.45) is 5.73 Å². The molecule has 130 valence electrons. The zero-order valence-corrected chi connectivity index (χ0v) is 14.5. The first-order chi connectivity index (χ1) is 10.8. The highest BCUT2D eigenvalue weighted by Gasteiger charge is 2.21. The van der Waals surface area contributed by atoms with E-state index in [9.17, 15) is 4.79 Å².